The molecule has 1 fully saturated rings. The van der Waals surface area contributed by atoms with E-state index < -0.39 is 0 Å². The molecule has 1 unspecified atom stereocenters. The van der Waals surface area contributed by atoms with E-state index in [2.05, 4.69) is 14.9 Å². The van der Waals surface area contributed by atoms with E-state index in [1.165, 1.54) is 0 Å². The van der Waals surface area contributed by atoms with Gasteiger partial charge in [-0.1, -0.05) is 0 Å². The van der Waals surface area contributed by atoms with Gasteiger partial charge in [0, 0.05) is 6.54 Å². The number of hydrogen-bond donors (Lipinski definition) is 0. The zero-order valence-corrected chi connectivity index (χ0v) is 10.7. The fourth-order valence-electron chi connectivity index (χ4n) is 2.30. The minimum Gasteiger partial charge on any atom is -0.345 e. The van der Waals surface area contributed by atoms with Crippen molar-refractivity contribution in [3.63, 3.8) is 0 Å². The minimum absolute atomic E-state index is 0.0137. The quantitative estimate of drug-likeness (QED) is 0.784. The van der Waals surface area contributed by atoms with Crippen LogP contribution >= 0.6 is 0 Å². The van der Waals surface area contributed by atoms with E-state index in [1.807, 2.05) is 13.8 Å². The number of carbonyl (C=O) groups excluding carboxylic acids is 1. The number of Topliss-reactive ketones (excluding diaryl/α,β-unsaturated/α-hetero) is 1. The van der Waals surface area contributed by atoms with Crippen LogP contribution in [0.4, 0.5) is 5.82 Å². The first-order valence-electron chi connectivity index (χ1n) is 6.17. The highest BCUT2D eigenvalue weighted by Gasteiger charge is 2.27. The molecule has 1 aliphatic rings. The van der Waals surface area contributed by atoms with Gasteiger partial charge in [0.1, 0.15) is 5.82 Å². The molecule has 1 aliphatic heterocycles. The van der Waals surface area contributed by atoms with Crippen LogP contribution in [0.25, 0.3) is 0 Å². The van der Waals surface area contributed by atoms with Crippen molar-refractivity contribution in [3.05, 3.63) is 17.6 Å². The molecule has 0 spiro atoms. The Kier molecular flexibility index (Phi) is 3.41. The maximum Gasteiger partial charge on any atom is 0.152 e. The van der Waals surface area contributed by atoms with Crippen molar-refractivity contribution in [2.45, 2.75) is 46.1 Å². The largest absolute Gasteiger partial charge is 0.345 e. The average molecular weight is 233 g/mol. The molecule has 4 heteroatoms. The lowest BCUT2D eigenvalue weighted by Gasteiger charge is -2.35. The van der Waals surface area contributed by atoms with Gasteiger partial charge in [0.2, 0.25) is 0 Å². The summed E-state index contributed by atoms with van der Waals surface area (Å²) in [7, 11) is 0. The van der Waals surface area contributed by atoms with E-state index in [0.29, 0.717) is 0 Å². The van der Waals surface area contributed by atoms with Gasteiger partial charge in [-0.25, -0.2) is 4.98 Å². The van der Waals surface area contributed by atoms with Gasteiger partial charge in [0.15, 0.2) is 5.78 Å². The number of aromatic nitrogens is 2. The molecule has 1 aromatic heterocycles. The van der Waals surface area contributed by atoms with Crippen LogP contribution in [-0.2, 0) is 4.79 Å². The summed E-state index contributed by atoms with van der Waals surface area (Å²) in [5.41, 5.74) is 1.89. The van der Waals surface area contributed by atoms with Crippen molar-refractivity contribution in [2.75, 3.05) is 11.4 Å². The van der Waals surface area contributed by atoms with E-state index in [-0.39, 0.29) is 11.8 Å². The van der Waals surface area contributed by atoms with Crippen molar-refractivity contribution in [2.24, 2.45) is 0 Å². The predicted octanol–water partition coefficient (Wildman–Crippen LogP) is 2.04. The lowest BCUT2D eigenvalue weighted by atomic mass is 9.99. The molecule has 2 rings (SSSR count). The average Bonchev–Trinajstić information content (AvgIpc) is 2.32. The summed E-state index contributed by atoms with van der Waals surface area (Å²) in [5, 5.41) is 0. The lowest BCUT2D eigenvalue weighted by Crippen LogP contribution is -2.44. The first kappa shape index (κ1) is 12.0. The number of anilines is 1. The highest BCUT2D eigenvalue weighted by atomic mass is 16.1. The van der Waals surface area contributed by atoms with Gasteiger partial charge in [-0.05, 0) is 40.0 Å². The standard InChI is InChI=1S/C13H19N3O/c1-9-10(2)15-13(8-14-9)16-7-5-4-6-12(16)11(3)17/h8,12H,4-7H2,1-3H3. The van der Waals surface area contributed by atoms with Crippen molar-refractivity contribution in [3.8, 4) is 0 Å². The molecule has 0 saturated carbocycles. The lowest BCUT2D eigenvalue weighted by molar-refractivity contribution is -0.118. The highest BCUT2D eigenvalue weighted by molar-refractivity contribution is 5.84. The topological polar surface area (TPSA) is 46.1 Å². The van der Waals surface area contributed by atoms with E-state index in [0.717, 1.165) is 43.0 Å². The van der Waals surface area contributed by atoms with Gasteiger partial charge in [0.25, 0.3) is 0 Å². The molecule has 0 radical (unpaired) electrons. The third-order valence-corrected chi connectivity index (χ3v) is 3.45. The number of aryl methyl sites for hydroxylation is 2. The van der Waals surface area contributed by atoms with Gasteiger partial charge >= 0.3 is 0 Å². The summed E-state index contributed by atoms with van der Waals surface area (Å²) in [6.45, 7) is 6.47. The molecule has 0 N–H and O–H groups in total. The van der Waals surface area contributed by atoms with Crippen LogP contribution in [0.2, 0.25) is 0 Å². The Morgan fingerprint density at radius 2 is 2.12 bits per heavy atom. The molecule has 0 aromatic carbocycles. The molecule has 0 amide bonds. The summed E-state index contributed by atoms with van der Waals surface area (Å²) in [6.07, 6.45) is 4.96. The van der Waals surface area contributed by atoms with E-state index in [9.17, 15) is 4.79 Å². The number of nitrogens with zero attached hydrogens (tertiary/aromatic N) is 3. The van der Waals surface area contributed by atoms with Crippen LogP contribution in [0.15, 0.2) is 6.20 Å². The zero-order chi connectivity index (χ0) is 12.4. The Morgan fingerprint density at radius 3 is 2.76 bits per heavy atom. The van der Waals surface area contributed by atoms with Gasteiger partial charge in [-0.2, -0.15) is 0 Å². The van der Waals surface area contributed by atoms with Crippen LogP contribution in [0.3, 0.4) is 0 Å². The highest BCUT2D eigenvalue weighted by Crippen LogP contribution is 2.23. The van der Waals surface area contributed by atoms with Crippen LogP contribution in [0.5, 0.6) is 0 Å². The zero-order valence-electron chi connectivity index (χ0n) is 10.7. The summed E-state index contributed by atoms with van der Waals surface area (Å²) in [4.78, 5) is 22.6. The second-order valence-corrected chi connectivity index (χ2v) is 4.71. The normalized spacial score (nSPS) is 20.4. The third-order valence-electron chi connectivity index (χ3n) is 3.45. The molecule has 17 heavy (non-hydrogen) atoms. The number of rotatable bonds is 2. The van der Waals surface area contributed by atoms with E-state index in [1.54, 1.807) is 13.1 Å². The van der Waals surface area contributed by atoms with E-state index in [4.69, 9.17) is 0 Å². The van der Waals surface area contributed by atoms with Crippen LogP contribution in [0, 0.1) is 13.8 Å². The van der Waals surface area contributed by atoms with Crippen LogP contribution in [-0.4, -0.2) is 28.3 Å². The molecular formula is C13H19N3O. The van der Waals surface area contributed by atoms with Gasteiger partial charge in [0.05, 0.1) is 23.6 Å². The summed E-state index contributed by atoms with van der Waals surface area (Å²) < 4.78 is 0. The first-order valence-corrected chi connectivity index (χ1v) is 6.17. The van der Waals surface area contributed by atoms with Gasteiger partial charge in [-0.3, -0.25) is 9.78 Å². The summed E-state index contributed by atoms with van der Waals surface area (Å²) >= 11 is 0. The Labute approximate surface area is 102 Å². The smallest absolute Gasteiger partial charge is 0.152 e. The molecule has 1 aromatic rings. The summed E-state index contributed by atoms with van der Waals surface area (Å²) in [6, 6.07) is -0.0137. The Bertz CT molecular complexity index is 431. The second-order valence-electron chi connectivity index (χ2n) is 4.71. The monoisotopic (exact) mass is 233 g/mol. The molecule has 1 atom stereocenters. The SMILES string of the molecule is CC(=O)C1CCCCN1c1cnc(C)c(C)n1. The molecule has 2 heterocycles. The Hall–Kier alpha value is -1.45. The minimum atomic E-state index is -0.0137. The van der Waals surface area contributed by atoms with Crippen molar-refractivity contribution < 1.29 is 4.79 Å². The molecule has 0 aliphatic carbocycles. The van der Waals surface area contributed by atoms with Crippen LogP contribution in [0.1, 0.15) is 37.6 Å². The Balaban J connectivity index is 2.29. The second kappa shape index (κ2) is 4.82. The van der Waals surface area contributed by atoms with Crippen molar-refractivity contribution >= 4 is 11.6 Å². The number of ketones is 1. The third kappa shape index (κ3) is 2.46. The molecule has 0 bridgehead atoms. The fraction of sp³-hybridized carbons (Fsp3) is 0.615. The number of piperidine rings is 1. The van der Waals surface area contributed by atoms with Crippen molar-refractivity contribution in [1.82, 2.24) is 9.97 Å². The van der Waals surface area contributed by atoms with Gasteiger partial charge in [-0.15, -0.1) is 0 Å². The van der Waals surface area contributed by atoms with Crippen molar-refractivity contribution in [1.29, 1.82) is 0 Å². The number of hydrogen-bond acceptors (Lipinski definition) is 4. The first-order chi connectivity index (χ1) is 8.09. The van der Waals surface area contributed by atoms with Crippen LogP contribution < -0.4 is 4.90 Å². The maximum absolute atomic E-state index is 11.6. The van der Waals surface area contributed by atoms with E-state index >= 15 is 0 Å². The predicted molar refractivity (Wildman–Crippen MR) is 67.2 cm³/mol. The number of carbonyl (C=O) groups is 1. The molecular weight excluding hydrogens is 214 g/mol. The molecule has 1 saturated heterocycles. The molecule has 92 valence electrons. The fourth-order valence-corrected chi connectivity index (χ4v) is 2.30. The summed E-state index contributed by atoms with van der Waals surface area (Å²) in [5.74, 6) is 1.07. The van der Waals surface area contributed by atoms with Gasteiger partial charge < -0.3 is 4.90 Å². The molecule has 4 nitrogen and oxygen atoms in total. The maximum atomic E-state index is 11.6. The Morgan fingerprint density at radius 1 is 1.35 bits per heavy atom.